The summed E-state index contributed by atoms with van der Waals surface area (Å²) in [5.74, 6) is 0. The molecular formula is C5H8N4. The molecule has 1 saturated heterocycles. The maximum absolute atomic E-state index is 3.99. The van der Waals surface area contributed by atoms with Gasteiger partial charge in [-0.2, -0.15) is 5.53 Å². The highest BCUT2D eigenvalue weighted by molar-refractivity contribution is 5.67. The van der Waals surface area contributed by atoms with Crippen LogP contribution in [0.3, 0.4) is 0 Å². The van der Waals surface area contributed by atoms with E-state index in [-0.39, 0.29) is 0 Å². The molecule has 4 heteroatoms. The first-order valence-corrected chi connectivity index (χ1v) is 2.93. The number of rotatable bonds is 0. The van der Waals surface area contributed by atoms with E-state index >= 15 is 0 Å². The number of hydrogen-bond acceptors (Lipinski definition) is 4. The van der Waals surface area contributed by atoms with Crippen LogP contribution in [-0.4, -0.2) is 23.8 Å². The van der Waals surface area contributed by atoms with Crippen molar-refractivity contribution < 1.29 is 0 Å². The Labute approximate surface area is 53.2 Å². The highest BCUT2D eigenvalue weighted by Gasteiger charge is 2.19. The van der Waals surface area contributed by atoms with Crippen molar-refractivity contribution in [2.24, 2.45) is 4.99 Å². The van der Waals surface area contributed by atoms with Crippen LogP contribution >= 0.6 is 0 Å². The third kappa shape index (κ3) is 0.721. The summed E-state index contributed by atoms with van der Waals surface area (Å²) in [6.07, 6.45) is 5.58. The van der Waals surface area contributed by atoms with E-state index in [9.17, 15) is 0 Å². The van der Waals surface area contributed by atoms with Gasteiger partial charge in [-0.1, -0.05) is 0 Å². The molecule has 2 aliphatic heterocycles. The standard InChI is InChI=1S/C5H8N4/c1-2-9-5(3-6-1)4-7-8-9/h1-3,5,7-8H,4H2. The van der Waals surface area contributed by atoms with E-state index in [0.29, 0.717) is 6.04 Å². The quantitative estimate of drug-likeness (QED) is 0.445. The van der Waals surface area contributed by atoms with E-state index in [1.165, 1.54) is 0 Å². The van der Waals surface area contributed by atoms with E-state index in [2.05, 4.69) is 16.0 Å². The first-order chi connectivity index (χ1) is 4.47. The number of nitrogens with zero attached hydrogens (tertiary/aromatic N) is 2. The van der Waals surface area contributed by atoms with Gasteiger partial charge in [-0.3, -0.25) is 10.0 Å². The normalized spacial score (nSPS) is 31.1. The van der Waals surface area contributed by atoms with Gasteiger partial charge < -0.3 is 0 Å². The molecule has 0 radical (unpaired) electrons. The van der Waals surface area contributed by atoms with E-state index in [0.717, 1.165) is 6.54 Å². The number of aliphatic imine (C=N–C) groups is 1. The van der Waals surface area contributed by atoms with E-state index in [1.807, 2.05) is 17.4 Å². The molecule has 0 spiro atoms. The van der Waals surface area contributed by atoms with Crippen molar-refractivity contribution in [1.82, 2.24) is 16.0 Å². The number of hydrazine groups is 2. The highest BCUT2D eigenvalue weighted by Crippen LogP contribution is 2.02. The molecule has 0 aromatic rings. The summed E-state index contributed by atoms with van der Waals surface area (Å²) in [6.45, 7) is 0.924. The van der Waals surface area contributed by atoms with Crippen LogP contribution in [-0.2, 0) is 0 Å². The molecule has 1 fully saturated rings. The van der Waals surface area contributed by atoms with Crippen LogP contribution in [0.4, 0.5) is 0 Å². The molecule has 2 rings (SSSR count). The molecular weight excluding hydrogens is 116 g/mol. The molecule has 0 saturated carbocycles. The molecule has 0 aromatic carbocycles. The van der Waals surface area contributed by atoms with Crippen molar-refractivity contribution in [2.45, 2.75) is 6.04 Å². The van der Waals surface area contributed by atoms with Gasteiger partial charge in [0, 0.05) is 25.2 Å². The van der Waals surface area contributed by atoms with E-state index in [1.54, 1.807) is 6.20 Å². The van der Waals surface area contributed by atoms with Gasteiger partial charge in [-0.25, -0.2) is 5.43 Å². The van der Waals surface area contributed by atoms with Crippen molar-refractivity contribution in [3.05, 3.63) is 12.4 Å². The first-order valence-electron chi connectivity index (χ1n) is 2.93. The van der Waals surface area contributed by atoms with Crippen molar-refractivity contribution in [3.8, 4) is 0 Å². The summed E-state index contributed by atoms with van der Waals surface area (Å²) in [5.41, 5.74) is 5.96. The van der Waals surface area contributed by atoms with E-state index in [4.69, 9.17) is 0 Å². The fraction of sp³-hybridized carbons (Fsp3) is 0.400. The van der Waals surface area contributed by atoms with Crippen molar-refractivity contribution in [1.29, 1.82) is 0 Å². The van der Waals surface area contributed by atoms with Crippen LogP contribution in [0.15, 0.2) is 17.4 Å². The molecule has 2 N–H and O–H groups in total. The average molecular weight is 124 g/mol. The first kappa shape index (κ1) is 4.96. The van der Waals surface area contributed by atoms with Gasteiger partial charge in [0.2, 0.25) is 0 Å². The zero-order valence-corrected chi connectivity index (χ0v) is 4.91. The minimum absolute atomic E-state index is 0.398. The molecule has 1 unspecified atom stereocenters. The molecule has 0 bridgehead atoms. The fourth-order valence-corrected chi connectivity index (χ4v) is 0.954. The van der Waals surface area contributed by atoms with Gasteiger partial charge in [0.15, 0.2) is 0 Å². The lowest BCUT2D eigenvalue weighted by Gasteiger charge is -2.18. The lowest BCUT2D eigenvalue weighted by atomic mass is 10.3. The molecule has 4 nitrogen and oxygen atoms in total. The Hall–Kier alpha value is -0.870. The Balaban J connectivity index is 2.18. The minimum Gasteiger partial charge on any atom is -0.291 e. The van der Waals surface area contributed by atoms with Crippen molar-refractivity contribution in [3.63, 3.8) is 0 Å². The summed E-state index contributed by atoms with van der Waals surface area (Å²) >= 11 is 0. The molecule has 0 aromatic heterocycles. The number of hydrogen-bond donors (Lipinski definition) is 2. The maximum atomic E-state index is 3.99. The van der Waals surface area contributed by atoms with Gasteiger partial charge in [-0.05, 0) is 0 Å². The Morgan fingerprint density at radius 1 is 1.67 bits per heavy atom. The second-order valence-corrected chi connectivity index (χ2v) is 2.06. The lowest BCUT2D eigenvalue weighted by molar-refractivity contribution is 0.301. The molecule has 0 amide bonds. The van der Waals surface area contributed by atoms with Gasteiger partial charge in [0.25, 0.3) is 0 Å². The second kappa shape index (κ2) is 1.82. The lowest BCUT2D eigenvalue weighted by Crippen LogP contribution is -2.36. The average Bonchev–Trinajstić information content (AvgIpc) is 2.33. The Morgan fingerprint density at radius 3 is 3.56 bits per heavy atom. The predicted molar refractivity (Wildman–Crippen MR) is 34.4 cm³/mol. The summed E-state index contributed by atoms with van der Waals surface area (Å²) < 4.78 is 0. The number of fused-ring (bicyclic) bond motifs is 1. The van der Waals surface area contributed by atoms with Gasteiger partial charge in [-0.15, -0.1) is 0 Å². The van der Waals surface area contributed by atoms with Gasteiger partial charge in [0.1, 0.15) is 0 Å². The minimum atomic E-state index is 0.398. The van der Waals surface area contributed by atoms with Crippen LogP contribution in [0.25, 0.3) is 0 Å². The molecule has 9 heavy (non-hydrogen) atoms. The Kier molecular flexibility index (Phi) is 1.00. The van der Waals surface area contributed by atoms with Crippen LogP contribution < -0.4 is 11.0 Å². The van der Waals surface area contributed by atoms with Crippen LogP contribution in [0.2, 0.25) is 0 Å². The number of nitrogens with one attached hydrogen (secondary N) is 2. The summed E-state index contributed by atoms with van der Waals surface area (Å²) in [6, 6.07) is 0.398. The predicted octanol–water partition coefficient (Wildman–Crippen LogP) is -0.765. The SMILES string of the molecule is C1=CN2NNCC2C=N1. The topological polar surface area (TPSA) is 39.7 Å². The monoisotopic (exact) mass is 124 g/mol. The molecule has 2 heterocycles. The fourth-order valence-electron chi connectivity index (χ4n) is 0.954. The third-order valence-corrected chi connectivity index (χ3v) is 1.45. The maximum Gasteiger partial charge on any atom is 0.0951 e. The van der Waals surface area contributed by atoms with Crippen molar-refractivity contribution in [2.75, 3.05) is 6.54 Å². The highest BCUT2D eigenvalue weighted by atomic mass is 15.7. The Morgan fingerprint density at radius 2 is 2.67 bits per heavy atom. The summed E-state index contributed by atoms with van der Waals surface area (Å²) in [4.78, 5) is 3.99. The zero-order valence-electron chi connectivity index (χ0n) is 4.91. The zero-order chi connectivity index (χ0) is 6.10. The summed E-state index contributed by atoms with van der Waals surface area (Å²) in [7, 11) is 0. The van der Waals surface area contributed by atoms with Crippen LogP contribution in [0.5, 0.6) is 0 Å². The van der Waals surface area contributed by atoms with Crippen LogP contribution in [0, 0.1) is 0 Å². The third-order valence-electron chi connectivity index (χ3n) is 1.45. The molecule has 0 aliphatic carbocycles. The van der Waals surface area contributed by atoms with Crippen molar-refractivity contribution >= 4 is 6.21 Å². The largest absolute Gasteiger partial charge is 0.291 e. The van der Waals surface area contributed by atoms with E-state index < -0.39 is 0 Å². The Bertz CT molecular complexity index is 144. The van der Waals surface area contributed by atoms with Crippen LogP contribution in [0.1, 0.15) is 0 Å². The second-order valence-electron chi connectivity index (χ2n) is 2.06. The summed E-state index contributed by atoms with van der Waals surface area (Å²) in [5, 5.41) is 1.98. The smallest absolute Gasteiger partial charge is 0.0951 e. The molecule has 48 valence electrons. The van der Waals surface area contributed by atoms with Gasteiger partial charge in [0.05, 0.1) is 6.04 Å². The molecule has 1 atom stereocenters. The molecule has 2 aliphatic rings. The van der Waals surface area contributed by atoms with Gasteiger partial charge >= 0.3 is 0 Å².